The van der Waals surface area contributed by atoms with Crippen LogP contribution in [0.15, 0.2) is 35.9 Å². The topological polar surface area (TPSA) is 43.1 Å². The third-order valence-corrected chi connectivity index (χ3v) is 1.54. The van der Waals surface area contributed by atoms with Crippen molar-refractivity contribution >= 4 is 23.1 Å². The first-order valence-electron chi connectivity index (χ1n) is 3.40. The van der Waals surface area contributed by atoms with Crippen LogP contribution in [0, 0.1) is 0 Å². The van der Waals surface area contributed by atoms with Gasteiger partial charge in [0, 0.05) is 16.8 Å². The second kappa shape index (κ2) is 3.93. The van der Waals surface area contributed by atoms with Crippen LogP contribution in [0.25, 0.3) is 0 Å². The Morgan fingerprint density at radius 1 is 1.33 bits per heavy atom. The minimum atomic E-state index is -0.120. The summed E-state index contributed by atoms with van der Waals surface area (Å²) in [6.07, 6.45) is 1.30. The molecule has 62 valence electrons. The number of anilines is 1. The van der Waals surface area contributed by atoms with E-state index in [0.717, 1.165) is 0 Å². The highest BCUT2D eigenvalue weighted by Crippen LogP contribution is 2.06. The lowest BCUT2D eigenvalue weighted by molar-refractivity contribution is 0.104. The second-order valence-electron chi connectivity index (χ2n) is 2.28. The van der Waals surface area contributed by atoms with Gasteiger partial charge in [-0.3, -0.25) is 4.79 Å². The van der Waals surface area contributed by atoms with Gasteiger partial charge in [-0.1, -0.05) is 11.6 Å². The normalized spacial score (nSPS) is 10.4. The van der Waals surface area contributed by atoms with Gasteiger partial charge in [-0.2, -0.15) is 0 Å². The summed E-state index contributed by atoms with van der Waals surface area (Å²) in [5.74, 6) is -0.120. The van der Waals surface area contributed by atoms with Crippen LogP contribution >= 0.6 is 11.6 Å². The van der Waals surface area contributed by atoms with Crippen LogP contribution in [0.2, 0.25) is 0 Å². The lowest BCUT2D eigenvalue weighted by Gasteiger charge is -1.95. The van der Waals surface area contributed by atoms with E-state index in [9.17, 15) is 4.79 Å². The number of carbonyl (C=O) groups excluding carboxylic acids is 1. The number of ketones is 1. The van der Waals surface area contributed by atoms with Crippen molar-refractivity contribution in [2.75, 3.05) is 5.73 Å². The molecule has 0 amide bonds. The number of benzene rings is 1. The van der Waals surface area contributed by atoms with Crippen LogP contribution in [-0.4, -0.2) is 5.78 Å². The average Bonchev–Trinajstić information content (AvgIpc) is 2.06. The zero-order valence-electron chi connectivity index (χ0n) is 6.33. The molecule has 2 N–H and O–H groups in total. The zero-order valence-corrected chi connectivity index (χ0v) is 7.08. The molecule has 1 rings (SSSR count). The highest BCUT2D eigenvalue weighted by Gasteiger charge is 1.99. The van der Waals surface area contributed by atoms with Gasteiger partial charge >= 0.3 is 0 Å². The predicted molar refractivity (Wildman–Crippen MR) is 50.2 cm³/mol. The zero-order chi connectivity index (χ0) is 8.97. The van der Waals surface area contributed by atoms with E-state index < -0.39 is 0 Å². The van der Waals surface area contributed by atoms with Crippen molar-refractivity contribution in [3.63, 3.8) is 0 Å². The minimum absolute atomic E-state index is 0.120. The molecular weight excluding hydrogens is 174 g/mol. The fraction of sp³-hybridized carbons (Fsp3) is 0. The summed E-state index contributed by atoms with van der Waals surface area (Å²) in [5, 5.41) is 0. The van der Waals surface area contributed by atoms with E-state index in [2.05, 4.69) is 0 Å². The van der Waals surface area contributed by atoms with Gasteiger partial charge < -0.3 is 5.73 Å². The summed E-state index contributed by atoms with van der Waals surface area (Å²) in [7, 11) is 0. The molecule has 1 aromatic rings. The number of nitrogens with two attached hydrogens (primary N) is 1. The quantitative estimate of drug-likeness (QED) is 0.432. The molecule has 2 nitrogen and oxygen atoms in total. The summed E-state index contributed by atoms with van der Waals surface area (Å²) in [4.78, 5) is 11.1. The maximum Gasteiger partial charge on any atom is 0.186 e. The van der Waals surface area contributed by atoms with Gasteiger partial charge in [-0.25, -0.2) is 0 Å². The number of nitrogen functional groups attached to an aromatic ring is 1. The number of carbonyl (C=O) groups is 1. The first kappa shape index (κ1) is 8.81. The molecule has 0 bridgehead atoms. The van der Waals surface area contributed by atoms with Crippen molar-refractivity contribution in [2.24, 2.45) is 0 Å². The number of hydrogen-bond acceptors (Lipinski definition) is 2. The van der Waals surface area contributed by atoms with E-state index in [1.165, 1.54) is 11.6 Å². The van der Waals surface area contributed by atoms with Crippen LogP contribution in [0.3, 0.4) is 0 Å². The number of hydrogen-bond donors (Lipinski definition) is 1. The summed E-state index contributed by atoms with van der Waals surface area (Å²) >= 11 is 5.25. The third kappa shape index (κ3) is 2.10. The molecule has 0 aliphatic rings. The van der Waals surface area contributed by atoms with Gasteiger partial charge in [-0.15, -0.1) is 0 Å². The van der Waals surface area contributed by atoms with E-state index in [1.54, 1.807) is 24.3 Å². The van der Waals surface area contributed by atoms with Crippen LogP contribution in [0.5, 0.6) is 0 Å². The first-order chi connectivity index (χ1) is 5.74. The number of halogens is 1. The van der Waals surface area contributed by atoms with E-state index in [1.807, 2.05) is 0 Å². The Balaban J connectivity index is 2.90. The van der Waals surface area contributed by atoms with Gasteiger partial charge in [0.05, 0.1) is 0 Å². The smallest absolute Gasteiger partial charge is 0.186 e. The SMILES string of the molecule is Nc1ccc(C(=O)C=CCl)cc1. The molecular formula is C9H8ClNO. The lowest BCUT2D eigenvalue weighted by atomic mass is 10.1. The highest BCUT2D eigenvalue weighted by atomic mass is 35.5. The molecule has 0 heterocycles. The molecule has 3 heteroatoms. The average molecular weight is 182 g/mol. The summed E-state index contributed by atoms with van der Waals surface area (Å²) < 4.78 is 0. The molecule has 1 aromatic carbocycles. The van der Waals surface area contributed by atoms with E-state index in [-0.39, 0.29) is 5.78 Å². The molecule has 0 unspecified atom stereocenters. The summed E-state index contributed by atoms with van der Waals surface area (Å²) in [6, 6.07) is 6.67. The van der Waals surface area contributed by atoms with Crippen molar-refractivity contribution in [1.29, 1.82) is 0 Å². The fourth-order valence-corrected chi connectivity index (χ4v) is 0.915. The Hall–Kier alpha value is -1.28. The van der Waals surface area contributed by atoms with Crippen molar-refractivity contribution < 1.29 is 4.79 Å². The van der Waals surface area contributed by atoms with Crippen LogP contribution in [0.4, 0.5) is 5.69 Å². The van der Waals surface area contributed by atoms with E-state index in [4.69, 9.17) is 17.3 Å². The van der Waals surface area contributed by atoms with Crippen LogP contribution in [-0.2, 0) is 0 Å². The number of rotatable bonds is 2. The molecule has 0 aromatic heterocycles. The first-order valence-corrected chi connectivity index (χ1v) is 3.84. The maximum absolute atomic E-state index is 11.1. The van der Waals surface area contributed by atoms with E-state index >= 15 is 0 Å². The fourth-order valence-electron chi connectivity index (χ4n) is 0.801. The monoisotopic (exact) mass is 181 g/mol. The molecule has 0 saturated heterocycles. The van der Waals surface area contributed by atoms with E-state index in [0.29, 0.717) is 11.3 Å². The Morgan fingerprint density at radius 2 is 1.92 bits per heavy atom. The van der Waals surface area contributed by atoms with Gasteiger partial charge in [-0.05, 0) is 30.3 Å². The Bertz CT molecular complexity index is 303. The summed E-state index contributed by atoms with van der Waals surface area (Å²) in [6.45, 7) is 0. The van der Waals surface area contributed by atoms with Gasteiger partial charge in [0.15, 0.2) is 5.78 Å². The highest BCUT2D eigenvalue weighted by molar-refractivity contribution is 6.27. The largest absolute Gasteiger partial charge is 0.399 e. The van der Waals surface area contributed by atoms with Crippen LogP contribution < -0.4 is 5.73 Å². The van der Waals surface area contributed by atoms with Gasteiger partial charge in [0.2, 0.25) is 0 Å². The Morgan fingerprint density at radius 3 is 2.42 bits per heavy atom. The predicted octanol–water partition coefficient (Wildman–Crippen LogP) is 2.20. The molecule has 0 aliphatic heterocycles. The Labute approximate surface area is 75.6 Å². The standard InChI is InChI=1S/C9H8ClNO/c10-6-5-9(12)7-1-3-8(11)4-2-7/h1-6H,11H2. The molecule has 0 aliphatic carbocycles. The van der Waals surface area contributed by atoms with Crippen molar-refractivity contribution in [3.8, 4) is 0 Å². The number of allylic oxidation sites excluding steroid dienone is 1. The minimum Gasteiger partial charge on any atom is -0.399 e. The molecule has 0 saturated carbocycles. The van der Waals surface area contributed by atoms with Gasteiger partial charge in [0.1, 0.15) is 0 Å². The van der Waals surface area contributed by atoms with Crippen LogP contribution in [0.1, 0.15) is 10.4 Å². The molecule has 0 fully saturated rings. The third-order valence-electron chi connectivity index (χ3n) is 1.41. The molecule has 0 spiro atoms. The van der Waals surface area contributed by atoms with Crippen molar-refractivity contribution in [3.05, 3.63) is 41.4 Å². The molecule has 0 atom stereocenters. The lowest BCUT2D eigenvalue weighted by Crippen LogP contribution is -1.94. The second-order valence-corrected chi connectivity index (χ2v) is 2.53. The van der Waals surface area contributed by atoms with Gasteiger partial charge in [0.25, 0.3) is 0 Å². The van der Waals surface area contributed by atoms with Crippen molar-refractivity contribution in [1.82, 2.24) is 0 Å². The Kier molecular flexibility index (Phi) is 2.88. The maximum atomic E-state index is 11.1. The molecule has 12 heavy (non-hydrogen) atoms. The summed E-state index contributed by atoms with van der Waals surface area (Å²) in [5.41, 5.74) is 7.86. The van der Waals surface area contributed by atoms with Crippen molar-refractivity contribution in [2.45, 2.75) is 0 Å². The molecule has 0 radical (unpaired) electrons.